The van der Waals surface area contributed by atoms with Gasteiger partial charge in [0.25, 0.3) is 11.1 Å². The molecule has 0 saturated carbocycles. The molecule has 0 unspecified atom stereocenters. The second-order valence-corrected chi connectivity index (χ2v) is 17.0. The molecule has 0 aliphatic carbocycles. The Labute approximate surface area is 441 Å². The number of benzene rings is 2. The maximum Gasteiger partial charge on any atom is 0.491 e. The Hall–Kier alpha value is -8.62. The van der Waals surface area contributed by atoms with E-state index in [1.54, 1.807) is 71.6 Å². The van der Waals surface area contributed by atoms with Crippen LogP contribution in [0.1, 0.15) is 20.8 Å². The van der Waals surface area contributed by atoms with Crippen molar-refractivity contribution < 1.29 is 58.6 Å². The van der Waals surface area contributed by atoms with Crippen molar-refractivity contribution in [1.29, 1.82) is 0 Å². The second kappa shape index (κ2) is 22.9. The molecule has 0 atom stereocenters. The summed E-state index contributed by atoms with van der Waals surface area (Å²) in [6.45, 7) is 10.1. The molecule has 78 heavy (non-hydrogen) atoms. The summed E-state index contributed by atoms with van der Waals surface area (Å²) in [5.41, 5.74) is 10.1. The Morgan fingerprint density at radius 3 is 1.36 bits per heavy atom. The summed E-state index contributed by atoms with van der Waals surface area (Å²) in [5, 5.41) is 4.78. The summed E-state index contributed by atoms with van der Waals surface area (Å²) in [4.78, 5) is 77.2. The number of nitrogens with zero attached hydrogens (tertiary/aromatic N) is 9. The van der Waals surface area contributed by atoms with Crippen LogP contribution >= 0.6 is 23.2 Å². The number of carbonyl (C=O) groups excluding carboxylic acids is 3. The molecule has 406 valence electrons. The van der Waals surface area contributed by atoms with Crippen molar-refractivity contribution in [3.05, 3.63) is 153 Å². The average molecular weight is 1130 g/mol. The monoisotopic (exact) mass is 1130 g/mol. The third-order valence-corrected chi connectivity index (χ3v) is 11.8. The standard InChI is InChI=1S/C21H11ClF3N5O2.C19H12ClN5O.C6H15N.C4F6O3/c22-15-7-6-12(9-26-15)30-18-17(13-3-1-2-4-14(13)19(30)31)28-16-8-5-11(10-29(16)18)27-20(32)21(23,24)25;20-15-7-6-12(9-22-15)25-18-17(13-3-1-2-4-14(13)19(25)26)23-16-8-5-11(21)10-24(16)18;1-4-7(5-2)6-3;5-3(6,7)1(11)13-2(12)4(8,9)10/h1-10H,(H,27,32);1-10H,21H2;4-6H2,1-3H3;. The van der Waals surface area contributed by atoms with Gasteiger partial charge >= 0.3 is 36.4 Å². The molecule has 8 aromatic heterocycles. The van der Waals surface area contributed by atoms with Gasteiger partial charge in [-0.3, -0.25) is 32.3 Å². The molecule has 0 radical (unpaired) electrons. The highest BCUT2D eigenvalue weighted by Crippen LogP contribution is 2.30. The van der Waals surface area contributed by atoms with E-state index in [0.717, 1.165) is 10.9 Å². The number of amides is 1. The molecule has 0 fully saturated rings. The molecule has 10 aromatic rings. The van der Waals surface area contributed by atoms with Crippen LogP contribution in [0.15, 0.2) is 131 Å². The van der Waals surface area contributed by atoms with E-state index < -0.39 is 36.4 Å². The number of carbonyl (C=O) groups is 3. The molecule has 0 bridgehead atoms. The zero-order valence-electron chi connectivity index (χ0n) is 40.4. The van der Waals surface area contributed by atoms with Gasteiger partial charge < -0.3 is 20.7 Å². The number of anilines is 2. The molecule has 0 saturated heterocycles. The van der Waals surface area contributed by atoms with E-state index in [1.807, 2.05) is 34.0 Å². The van der Waals surface area contributed by atoms with Crippen LogP contribution in [0.4, 0.5) is 50.9 Å². The minimum Gasteiger partial charge on any atom is -0.398 e. The highest BCUT2D eigenvalue weighted by Gasteiger charge is 2.49. The zero-order chi connectivity index (χ0) is 57.0. The minimum absolute atomic E-state index is 0.111. The van der Waals surface area contributed by atoms with Gasteiger partial charge in [0.1, 0.15) is 32.6 Å². The van der Waals surface area contributed by atoms with Crippen molar-refractivity contribution in [3.8, 4) is 11.4 Å². The molecular formula is C50H38Cl2F9N11O6. The molecule has 10 rings (SSSR count). The summed E-state index contributed by atoms with van der Waals surface area (Å²) in [7, 11) is 0. The van der Waals surface area contributed by atoms with E-state index in [1.165, 1.54) is 59.2 Å². The first-order chi connectivity index (χ1) is 36.8. The van der Waals surface area contributed by atoms with Crippen molar-refractivity contribution in [1.82, 2.24) is 42.8 Å². The Morgan fingerprint density at radius 2 is 0.987 bits per heavy atom. The van der Waals surface area contributed by atoms with Crippen LogP contribution in [0.5, 0.6) is 0 Å². The lowest BCUT2D eigenvalue weighted by Gasteiger charge is -2.13. The first kappa shape index (κ1) is 57.1. The number of rotatable bonds is 6. The van der Waals surface area contributed by atoms with E-state index in [4.69, 9.17) is 33.9 Å². The number of fused-ring (bicyclic) bond motifs is 10. The summed E-state index contributed by atoms with van der Waals surface area (Å²) >= 11 is 11.8. The average Bonchev–Trinajstić information content (AvgIpc) is 4.03. The van der Waals surface area contributed by atoms with Gasteiger partial charge in [-0.2, -0.15) is 39.5 Å². The number of esters is 2. The first-order valence-corrected chi connectivity index (χ1v) is 23.4. The predicted molar refractivity (Wildman–Crippen MR) is 273 cm³/mol. The molecule has 0 aliphatic heterocycles. The van der Waals surface area contributed by atoms with Gasteiger partial charge in [0.05, 0.1) is 29.5 Å². The molecule has 0 aliphatic rings. The van der Waals surface area contributed by atoms with Gasteiger partial charge in [-0.1, -0.05) is 80.4 Å². The van der Waals surface area contributed by atoms with E-state index in [-0.39, 0.29) is 22.0 Å². The zero-order valence-corrected chi connectivity index (χ0v) is 41.9. The van der Waals surface area contributed by atoms with Crippen molar-refractivity contribution in [2.75, 3.05) is 30.7 Å². The smallest absolute Gasteiger partial charge is 0.398 e. The number of halogens is 11. The summed E-state index contributed by atoms with van der Waals surface area (Å²) < 4.78 is 114. The van der Waals surface area contributed by atoms with Gasteiger partial charge in [0, 0.05) is 39.6 Å². The fourth-order valence-corrected chi connectivity index (χ4v) is 7.90. The van der Waals surface area contributed by atoms with Crippen molar-refractivity contribution >= 4 is 108 Å². The SMILES string of the molecule is CCN(CC)CC.Nc1ccc2nc3c4ccccc4c(=O)n(-c4ccc(Cl)nc4)c3n2c1.O=C(Nc1ccc2nc3c4ccccc4c(=O)n(-c4ccc(Cl)nc4)c3n2c1)C(F)(F)F.O=C(OC(=O)C(F)(F)F)C(F)(F)F. The van der Waals surface area contributed by atoms with Gasteiger partial charge in [-0.05, 0) is 80.3 Å². The quantitative estimate of drug-likeness (QED) is 0.0691. The van der Waals surface area contributed by atoms with E-state index >= 15 is 0 Å². The van der Waals surface area contributed by atoms with Crippen LogP contribution < -0.4 is 22.2 Å². The van der Waals surface area contributed by atoms with Crippen LogP contribution in [0.3, 0.4) is 0 Å². The molecule has 1 amide bonds. The highest BCUT2D eigenvalue weighted by atomic mass is 35.5. The number of hydrogen-bond acceptors (Lipinski definition) is 12. The number of nitrogens with two attached hydrogens (primary N) is 1. The minimum atomic E-state index is -5.62. The second-order valence-electron chi connectivity index (χ2n) is 16.2. The summed E-state index contributed by atoms with van der Waals surface area (Å²) in [5.74, 6) is -8.50. The van der Waals surface area contributed by atoms with Crippen LogP contribution in [-0.2, 0) is 19.1 Å². The van der Waals surface area contributed by atoms with Gasteiger partial charge in [0.15, 0.2) is 11.3 Å². The van der Waals surface area contributed by atoms with E-state index in [2.05, 4.69) is 45.4 Å². The van der Waals surface area contributed by atoms with Crippen LogP contribution in [0, 0.1) is 0 Å². The Bertz CT molecular complexity index is 3980. The van der Waals surface area contributed by atoms with Crippen molar-refractivity contribution in [2.45, 2.75) is 39.3 Å². The summed E-state index contributed by atoms with van der Waals surface area (Å²) in [6.07, 6.45) is -10.3. The van der Waals surface area contributed by atoms with Gasteiger partial charge in [0.2, 0.25) is 0 Å². The number of imidazole rings is 2. The fourth-order valence-electron chi connectivity index (χ4n) is 7.68. The van der Waals surface area contributed by atoms with Crippen LogP contribution in [0.2, 0.25) is 10.3 Å². The number of ether oxygens (including phenoxy) is 1. The third-order valence-electron chi connectivity index (χ3n) is 11.3. The Kier molecular flexibility index (Phi) is 16.8. The lowest BCUT2D eigenvalue weighted by molar-refractivity contribution is -0.221. The number of pyridine rings is 6. The number of hydrogen-bond donors (Lipinski definition) is 2. The van der Waals surface area contributed by atoms with Crippen molar-refractivity contribution in [3.63, 3.8) is 0 Å². The van der Waals surface area contributed by atoms with E-state index in [0.29, 0.717) is 66.5 Å². The first-order valence-electron chi connectivity index (χ1n) is 22.7. The normalized spacial score (nSPS) is 11.8. The molecular weight excluding hydrogens is 1090 g/mol. The Morgan fingerprint density at radius 1 is 0.577 bits per heavy atom. The number of aromatic nitrogens is 8. The molecule has 0 spiro atoms. The highest BCUT2D eigenvalue weighted by molar-refractivity contribution is 6.29. The fraction of sp³-hybridized carbons (Fsp3) is 0.180. The molecule has 3 N–H and O–H groups in total. The van der Waals surface area contributed by atoms with E-state index in [9.17, 15) is 63.5 Å². The number of alkyl halides is 9. The maximum absolute atomic E-state index is 13.4. The van der Waals surface area contributed by atoms with Gasteiger partial charge in [-0.15, -0.1) is 0 Å². The topological polar surface area (TPSA) is 206 Å². The van der Waals surface area contributed by atoms with Crippen molar-refractivity contribution in [2.24, 2.45) is 0 Å². The molecule has 28 heteroatoms. The largest absolute Gasteiger partial charge is 0.491 e. The van der Waals surface area contributed by atoms with Gasteiger partial charge in [-0.25, -0.2) is 29.5 Å². The lowest BCUT2D eigenvalue weighted by Crippen LogP contribution is -2.34. The Balaban J connectivity index is 0.000000171. The lowest BCUT2D eigenvalue weighted by atomic mass is 10.1. The molecule has 2 aromatic carbocycles. The van der Waals surface area contributed by atoms with Crippen LogP contribution in [0.25, 0.3) is 66.5 Å². The molecule has 8 heterocycles. The van der Waals surface area contributed by atoms with Crippen LogP contribution in [-0.4, -0.2) is 98.8 Å². The number of nitrogen functional groups attached to an aromatic ring is 1. The maximum atomic E-state index is 13.4. The number of nitrogens with one attached hydrogen (secondary N) is 1. The predicted octanol–water partition coefficient (Wildman–Crippen LogP) is 10.3. The summed E-state index contributed by atoms with van der Waals surface area (Å²) in [6, 6.07) is 27.2. The third kappa shape index (κ3) is 12.3. The molecule has 17 nitrogen and oxygen atoms in total.